The van der Waals surface area contributed by atoms with Crippen LogP contribution in [0.3, 0.4) is 0 Å². The first-order valence-electron chi connectivity index (χ1n) is 7.62. The van der Waals surface area contributed by atoms with Gasteiger partial charge in [0.25, 0.3) is 0 Å². The summed E-state index contributed by atoms with van der Waals surface area (Å²) in [6, 6.07) is 0.961. The van der Waals surface area contributed by atoms with E-state index in [1.54, 1.807) is 0 Å². The van der Waals surface area contributed by atoms with E-state index in [-0.39, 0.29) is 5.91 Å². The van der Waals surface area contributed by atoms with E-state index in [0.717, 1.165) is 25.9 Å². The van der Waals surface area contributed by atoms with E-state index in [0.29, 0.717) is 18.6 Å². The molecule has 1 saturated heterocycles. The van der Waals surface area contributed by atoms with Crippen LogP contribution >= 0.6 is 0 Å². The van der Waals surface area contributed by atoms with Crippen LogP contribution in [0.5, 0.6) is 0 Å². The maximum Gasteiger partial charge on any atom is 0.237 e. The molecule has 2 fully saturated rings. The van der Waals surface area contributed by atoms with Gasteiger partial charge in [-0.15, -0.1) is 0 Å². The summed E-state index contributed by atoms with van der Waals surface area (Å²) in [7, 11) is 2.07. The van der Waals surface area contributed by atoms with Crippen LogP contribution in [0.2, 0.25) is 0 Å². The lowest BCUT2D eigenvalue weighted by Crippen LogP contribution is -2.43. The standard InChI is InChI=1S/C15H24N4O/c1-12-8-16-18(9-12)10-14-4-3-7-19(14)15(20)11-17(2)13-5-6-13/h8-9,13-14H,3-7,10-11H2,1-2H3/t14-/m1/s1. The van der Waals surface area contributed by atoms with Crippen LogP contribution < -0.4 is 0 Å². The van der Waals surface area contributed by atoms with Gasteiger partial charge < -0.3 is 4.90 Å². The Balaban J connectivity index is 1.58. The van der Waals surface area contributed by atoms with Gasteiger partial charge >= 0.3 is 0 Å². The van der Waals surface area contributed by atoms with Crippen LogP contribution in [0.4, 0.5) is 0 Å². The minimum Gasteiger partial charge on any atom is -0.337 e. The number of hydrogen-bond donors (Lipinski definition) is 0. The fourth-order valence-corrected chi connectivity index (χ4v) is 3.09. The highest BCUT2D eigenvalue weighted by atomic mass is 16.2. The van der Waals surface area contributed by atoms with E-state index in [4.69, 9.17) is 0 Å². The van der Waals surface area contributed by atoms with Gasteiger partial charge in [-0.2, -0.15) is 5.10 Å². The van der Waals surface area contributed by atoms with E-state index >= 15 is 0 Å². The quantitative estimate of drug-likeness (QED) is 0.813. The van der Waals surface area contributed by atoms with Crippen molar-refractivity contribution in [1.29, 1.82) is 0 Å². The Hall–Kier alpha value is -1.36. The highest BCUT2D eigenvalue weighted by molar-refractivity contribution is 5.79. The molecule has 2 aliphatic rings. The normalized spacial score (nSPS) is 22.8. The van der Waals surface area contributed by atoms with Crippen molar-refractivity contribution in [2.75, 3.05) is 20.1 Å². The van der Waals surface area contributed by atoms with Crippen molar-refractivity contribution in [1.82, 2.24) is 19.6 Å². The van der Waals surface area contributed by atoms with E-state index in [9.17, 15) is 4.79 Å². The predicted octanol–water partition coefficient (Wildman–Crippen LogP) is 1.28. The number of aromatic nitrogens is 2. The van der Waals surface area contributed by atoms with Crippen molar-refractivity contribution in [3.8, 4) is 0 Å². The Bertz CT molecular complexity index is 480. The first-order chi connectivity index (χ1) is 9.63. The molecule has 0 spiro atoms. The summed E-state index contributed by atoms with van der Waals surface area (Å²) in [5.41, 5.74) is 1.18. The molecule has 20 heavy (non-hydrogen) atoms. The molecule has 110 valence electrons. The monoisotopic (exact) mass is 276 g/mol. The summed E-state index contributed by atoms with van der Waals surface area (Å²) < 4.78 is 1.97. The van der Waals surface area contributed by atoms with Crippen molar-refractivity contribution in [3.63, 3.8) is 0 Å². The number of aryl methyl sites for hydroxylation is 1. The van der Waals surface area contributed by atoms with Crippen LogP contribution in [0.25, 0.3) is 0 Å². The molecule has 1 atom stereocenters. The largest absolute Gasteiger partial charge is 0.337 e. The molecule has 1 aliphatic carbocycles. The van der Waals surface area contributed by atoms with Gasteiger partial charge in [0.05, 0.1) is 25.3 Å². The summed E-state index contributed by atoms with van der Waals surface area (Å²) in [6.45, 7) is 4.35. The Labute approximate surface area is 120 Å². The number of nitrogens with zero attached hydrogens (tertiary/aromatic N) is 4. The minimum atomic E-state index is 0.283. The molecule has 3 rings (SSSR count). The molecule has 0 aromatic carbocycles. The molecule has 5 heteroatoms. The summed E-state index contributed by atoms with van der Waals surface area (Å²) in [5, 5.41) is 4.34. The van der Waals surface area contributed by atoms with Gasteiger partial charge in [0.2, 0.25) is 5.91 Å². The van der Waals surface area contributed by atoms with Crippen LogP contribution in [-0.2, 0) is 11.3 Å². The average Bonchev–Trinajstić information content (AvgIpc) is 3.04. The van der Waals surface area contributed by atoms with Gasteiger partial charge in [0, 0.05) is 18.8 Å². The molecular weight excluding hydrogens is 252 g/mol. The highest BCUT2D eigenvalue weighted by Crippen LogP contribution is 2.26. The Kier molecular flexibility index (Phi) is 3.78. The number of carbonyl (C=O) groups excluding carboxylic acids is 1. The lowest BCUT2D eigenvalue weighted by molar-refractivity contribution is -0.133. The fourth-order valence-electron chi connectivity index (χ4n) is 3.09. The van der Waals surface area contributed by atoms with Crippen molar-refractivity contribution in [2.24, 2.45) is 0 Å². The van der Waals surface area contributed by atoms with E-state index < -0.39 is 0 Å². The van der Waals surface area contributed by atoms with Crippen molar-refractivity contribution in [2.45, 2.75) is 51.2 Å². The third kappa shape index (κ3) is 3.03. The van der Waals surface area contributed by atoms with Gasteiger partial charge in [0.15, 0.2) is 0 Å². The lowest BCUT2D eigenvalue weighted by atomic mass is 10.2. The van der Waals surface area contributed by atoms with Crippen LogP contribution in [0.1, 0.15) is 31.2 Å². The third-order valence-electron chi connectivity index (χ3n) is 4.41. The lowest BCUT2D eigenvalue weighted by Gasteiger charge is -2.27. The van der Waals surface area contributed by atoms with Gasteiger partial charge in [0.1, 0.15) is 0 Å². The number of hydrogen-bond acceptors (Lipinski definition) is 3. The zero-order valence-electron chi connectivity index (χ0n) is 12.5. The second kappa shape index (κ2) is 5.56. The smallest absolute Gasteiger partial charge is 0.237 e. The van der Waals surface area contributed by atoms with Crippen molar-refractivity contribution in [3.05, 3.63) is 18.0 Å². The Morgan fingerprint density at radius 1 is 1.45 bits per heavy atom. The molecule has 1 aromatic heterocycles. The third-order valence-corrected chi connectivity index (χ3v) is 4.41. The second-order valence-corrected chi connectivity index (χ2v) is 6.27. The number of likely N-dealkylation sites (tertiary alicyclic amines) is 1. The molecular formula is C15H24N4O. The molecule has 0 N–H and O–H groups in total. The zero-order valence-corrected chi connectivity index (χ0v) is 12.5. The van der Waals surface area contributed by atoms with Gasteiger partial charge in [-0.25, -0.2) is 0 Å². The number of amides is 1. The summed E-state index contributed by atoms with van der Waals surface area (Å²) in [5.74, 6) is 0.283. The molecule has 0 unspecified atom stereocenters. The first kappa shape index (κ1) is 13.6. The number of carbonyl (C=O) groups is 1. The summed E-state index contributed by atoms with van der Waals surface area (Å²) in [4.78, 5) is 16.7. The summed E-state index contributed by atoms with van der Waals surface area (Å²) in [6.07, 6.45) is 8.64. The van der Waals surface area contributed by atoms with Crippen LogP contribution in [-0.4, -0.2) is 57.7 Å². The average molecular weight is 276 g/mol. The van der Waals surface area contributed by atoms with Gasteiger partial charge in [-0.05, 0) is 45.2 Å². The molecule has 5 nitrogen and oxygen atoms in total. The number of rotatable bonds is 5. The molecule has 0 radical (unpaired) electrons. The number of likely N-dealkylation sites (N-methyl/N-ethyl adjacent to an activating group) is 1. The SMILES string of the molecule is Cc1cnn(C[C@H]2CCCN2C(=O)CN(C)C2CC2)c1. The maximum absolute atomic E-state index is 12.4. The molecule has 1 aromatic rings. The fraction of sp³-hybridized carbons (Fsp3) is 0.733. The van der Waals surface area contributed by atoms with Crippen molar-refractivity contribution >= 4 is 5.91 Å². The minimum absolute atomic E-state index is 0.283. The highest BCUT2D eigenvalue weighted by Gasteiger charge is 2.32. The van der Waals surface area contributed by atoms with Gasteiger partial charge in [-0.1, -0.05) is 0 Å². The topological polar surface area (TPSA) is 41.4 Å². The summed E-state index contributed by atoms with van der Waals surface area (Å²) >= 11 is 0. The van der Waals surface area contributed by atoms with Crippen LogP contribution in [0, 0.1) is 6.92 Å². The maximum atomic E-state index is 12.4. The zero-order chi connectivity index (χ0) is 14.1. The molecule has 1 amide bonds. The second-order valence-electron chi connectivity index (χ2n) is 6.27. The molecule has 2 heterocycles. The Morgan fingerprint density at radius 2 is 2.25 bits per heavy atom. The van der Waals surface area contributed by atoms with Gasteiger partial charge in [-0.3, -0.25) is 14.4 Å². The Morgan fingerprint density at radius 3 is 2.90 bits per heavy atom. The van der Waals surface area contributed by atoms with Crippen LogP contribution in [0.15, 0.2) is 12.4 Å². The predicted molar refractivity (Wildman–Crippen MR) is 77.4 cm³/mol. The molecule has 0 bridgehead atoms. The first-order valence-corrected chi connectivity index (χ1v) is 7.62. The van der Waals surface area contributed by atoms with Crippen molar-refractivity contribution < 1.29 is 4.79 Å². The van der Waals surface area contributed by atoms with E-state index in [2.05, 4.69) is 28.1 Å². The molecule has 1 saturated carbocycles. The van der Waals surface area contributed by atoms with E-state index in [1.165, 1.54) is 18.4 Å². The molecule has 1 aliphatic heterocycles. The van der Waals surface area contributed by atoms with E-state index in [1.807, 2.05) is 17.8 Å².